The van der Waals surface area contributed by atoms with E-state index in [0.717, 1.165) is 6.07 Å². The van der Waals surface area contributed by atoms with E-state index >= 15 is 0 Å². The first kappa shape index (κ1) is 10.6. The highest BCUT2D eigenvalue weighted by Crippen LogP contribution is 2.18. The molecule has 1 aromatic carbocycles. The molecule has 14 heavy (non-hydrogen) atoms. The number of ether oxygens (including phenoxy) is 1. The second-order valence-corrected chi connectivity index (χ2v) is 2.59. The summed E-state index contributed by atoms with van der Waals surface area (Å²) in [7, 11) is 1.29. The summed E-state index contributed by atoms with van der Waals surface area (Å²) in [6.45, 7) is 0. The van der Waals surface area contributed by atoms with E-state index in [9.17, 15) is 9.18 Å². The van der Waals surface area contributed by atoms with E-state index in [1.807, 2.05) is 0 Å². The Morgan fingerprint density at radius 2 is 2.14 bits per heavy atom. The lowest BCUT2D eigenvalue weighted by Crippen LogP contribution is -2.19. The molecule has 0 bridgehead atoms. The molecular weight excluding hydrogens is 191 g/mol. The van der Waals surface area contributed by atoms with Crippen LogP contribution in [-0.4, -0.2) is 29.4 Å². The average molecular weight is 200 g/mol. The summed E-state index contributed by atoms with van der Waals surface area (Å²) in [6.07, 6.45) is -2.12. The van der Waals surface area contributed by atoms with Crippen molar-refractivity contribution in [3.05, 3.63) is 29.6 Å². The third-order valence-electron chi connectivity index (χ3n) is 1.67. The van der Waals surface area contributed by atoms with Gasteiger partial charge in [0.05, 0.1) is 7.11 Å². The Kier molecular flexibility index (Phi) is 3.16. The van der Waals surface area contributed by atoms with Crippen LogP contribution in [0.1, 0.15) is 10.4 Å². The van der Waals surface area contributed by atoms with E-state index in [1.54, 1.807) is 0 Å². The summed E-state index contributed by atoms with van der Waals surface area (Å²) < 4.78 is 17.7. The fourth-order valence-electron chi connectivity index (χ4n) is 0.969. The van der Waals surface area contributed by atoms with Crippen molar-refractivity contribution in [1.82, 2.24) is 0 Å². The molecule has 0 aliphatic rings. The van der Waals surface area contributed by atoms with Crippen LogP contribution in [0.4, 0.5) is 4.39 Å². The number of aliphatic hydroxyl groups is 2. The van der Waals surface area contributed by atoms with Gasteiger partial charge in [0.1, 0.15) is 0 Å². The van der Waals surface area contributed by atoms with Crippen LogP contribution in [0.3, 0.4) is 0 Å². The Hall–Kier alpha value is -1.46. The zero-order valence-electron chi connectivity index (χ0n) is 7.40. The van der Waals surface area contributed by atoms with Gasteiger partial charge in [-0.1, -0.05) is 0 Å². The highest BCUT2D eigenvalue weighted by Gasteiger charge is 2.15. The second-order valence-electron chi connectivity index (χ2n) is 2.59. The van der Waals surface area contributed by atoms with Crippen LogP contribution in [0, 0.1) is 5.82 Å². The lowest BCUT2D eigenvalue weighted by molar-refractivity contribution is -0.0195. The predicted molar refractivity (Wildman–Crippen MR) is 45.5 cm³/mol. The van der Waals surface area contributed by atoms with Gasteiger partial charge < -0.3 is 14.9 Å². The van der Waals surface area contributed by atoms with Gasteiger partial charge in [0.15, 0.2) is 11.6 Å². The van der Waals surface area contributed by atoms with Crippen molar-refractivity contribution in [2.24, 2.45) is 0 Å². The summed E-state index contributed by atoms with van der Waals surface area (Å²) in [5.41, 5.74) is -0.113. The van der Waals surface area contributed by atoms with Crippen LogP contribution in [0.2, 0.25) is 0 Å². The fraction of sp³-hybridized carbons (Fsp3) is 0.222. The van der Waals surface area contributed by atoms with Gasteiger partial charge in [0.25, 0.3) is 0 Å². The van der Waals surface area contributed by atoms with Crippen molar-refractivity contribution in [1.29, 1.82) is 0 Å². The fourth-order valence-corrected chi connectivity index (χ4v) is 0.969. The minimum atomic E-state index is -2.12. The number of halogens is 1. The number of rotatable bonds is 3. The summed E-state index contributed by atoms with van der Waals surface area (Å²) >= 11 is 0. The number of benzene rings is 1. The Bertz CT molecular complexity index is 349. The van der Waals surface area contributed by atoms with Crippen molar-refractivity contribution in [2.75, 3.05) is 7.11 Å². The van der Waals surface area contributed by atoms with Crippen molar-refractivity contribution in [3.63, 3.8) is 0 Å². The van der Waals surface area contributed by atoms with Gasteiger partial charge >= 0.3 is 0 Å². The van der Waals surface area contributed by atoms with Gasteiger partial charge in [-0.15, -0.1) is 0 Å². The van der Waals surface area contributed by atoms with Crippen LogP contribution in [0.25, 0.3) is 0 Å². The molecule has 0 radical (unpaired) electrons. The van der Waals surface area contributed by atoms with Crippen LogP contribution in [0.5, 0.6) is 5.75 Å². The molecule has 76 valence electrons. The quantitative estimate of drug-likeness (QED) is 0.545. The van der Waals surface area contributed by atoms with Crippen molar-refractivity contribution in [3.8, 4) is 5.75 Å². The van der Waals surface area contributed by atoms with Gasteiger partial charge in [-0.25, -0.2) is 4.39 Å². The summed E-state index contributed by atoms with van der Waals surface area (Å²) in [4.78, 5) is 11.0. The molecule has 0 saturated heterocycles. The van der Waals surface area contributed by atoms with Crippen molar-refractivity contribution >= 4 is 5.78 Å². The average Bonchev–Trinajstić information content (AvgIpc) is 2.16. The molecule has 1 rings (SSSR count). The molecule has 0 aromatic heterocycles. The van der Waals surface area contributed by atoms with E-state index < -0.39 is 17.9 Å². The van der Waals surface area contributed by atoms with Gasteiger partial charge in [-0.05, 0) is 18.2 Å². The minimum absolute atomic E-state index is 0.00557. The molecule has 0 spiro atoms. The Morgan fingerprint density at radius 3 is 2.57 bits per heavy atom. The lowest BCUT2D eigenvalue weighted by atomic mass is 10.1. The largest absolute Gasteiger partial charge is 0.494 e. The smallest absolute Gasteiger partial charge is 0.218 e. The molecule has 0 fully saturated rings. The number of carbonyl (C=O) groups excluding carboxylic acids is 1. The summed E-state index contributed by atoms with van der Waals surface area (Å²) in [5.74, 6) is -1.68. The summed E-state index contributed by atoms with van der Waals surface area (Å²) in [6, 6.07) is 3.38. The Labute approximate surface area is 79.6 Å². The van der Waals surface area contributed by atoms with Gasteiger partial charge in [-0.2, -0.15) is 0 Å². The zero-order valence-corrected chi connectivity index (χ0v) is 7.40. The maximum absolute atomic E-state index is 13.0. The number of aliphatic hydroxyl groups excluding tert-OH is 1. The number of hydrogen-bond donors (Lipinski definition) is 2. The van der Waals surface area contributed by atoms with E-state index in [-0.39, 0.29) is 11.3 Å². The molecule has 0 saturated carbocycles. The Balaban J connectivity index is 3.03. The molecule has 0 unspecified atom stereocenters. The normalized spacial score (nSPS) is 10.4. The molecule has 5 heteroatoms. The Morgan fingerprint density at radius 1 is 1.50 bits per heavy atom. The van der Waals surface area contributed by atoms with Crippen molar-refractivity contribution < 1.29 is 24.1 Å². The third-order valence-corrected chi connectivity index (χ3v) is 1.67. The highest BCUT2D eigenvalue weighted by atomic mass is 19.1. The monoisotopic (exact) mass is 200 g/mol. The van der Waals surface area contributed by atoms with E-state index in [0.29, 0.717) is 0 Å². The zero-order chi connectivity index (χ0) is 10.7. The van der Waals surface area contributed by atoms with E-state index in [4.69, 9.17) is 10.2 Å². The van der Waals surface area contributed by atoms with Gasteiger partial charge in [0, 0.05) is 5.56 Å². The van der Waals surface area contributed by atoms with Crippen molar-refractivity contribution in [2.45, 2.75) is 6.29 Å². The number of ketones is 1. The highest BCUT2D eigenvalue weighted by molar-refractivity contribution is 5.98. The van der Waals surface area contributed by atoms with Gasteiger partial charge in [0.2, 0.25) is 12.1 Å². The van der Waals surface area contributed by atoms with E-state index in [2.05, 4.69) is 4.74 Å². The molecule has 0 aliphatic carbocycles. The number of hydrogen-bond acceptors (Lipinski definition) is 4. The first-order chi connectivity index (χ1) is 6.56. The first-order valence-electron chi connectivity index (χ1n) is 3.80. The first-order valence-corrected chi connectivity index (χ1v) is 3.80. The van der Waals surface area contributed by atoms with Crippen LogP contribution >= 0.6 is 0 Å². The third kappa shape index (κ3) is 2.07. The van der Waals surface area contributed by atoms with Crippen LogP contribution in [0.15, 0.2) is 18.2 Å². The van der Waals surface area contributed by atoms with Gasteiger partial charge in [-0.3, -0.25) is 4.79 Å². The molecule has 4 nitrogen and oxygen atoms in total. The minimum Gasteiger partial charge on any atom is -0.494 e. The topological polar surface area (TPSA) is 66.8 Å². The number of carbonyl (C=O) groups is 1. The number of Topliss-reactive ketones (excluding diaryl/α,β-unsaturated/α-hetero) is 1. The molecule has 0 atom stereocenters. The molecule has 0 aliphatic heterocycles. The standard InChI is InChI=1S/C9H9FO4/c1-14-7-3-2-5(4-6(7)10)8(11)9(12)13/h2-4,9,12-13H,1H3. The maximum Gasteiger partial charge on any atom is 0.218 e. The number of methoxy groups -OCH3 is 1. The SMILES string of the molecule is COc1ccc(C(=O)C(O)O)cc1F. The maximum atomic E-state index is 13.0. The van der Waals surface area contributed by atoms with Crippen LogP contribution in [-0.2, 0) is 0 Å². The molecular formula is C9H9FO4. The summed E-state index contributed by atoms with van der Waals surface area (Å²) in [5, 5.41) is 17.1. The molecule has 2 N–H and O–H groups in total. The predicted octanol–water partition coefficient (Wildman–Crippen LogP) is 0.328. The second kappa shape index (κ2) is 4.17. The lowest BCUT2D eigenvalue weighted by Gasteiger charge is -2.05. The van der Waals surface area contributed by atoms with E-state index in [1.165, 1.54) is 19.2 Å². The molecule has 0 heterocycles. The molecule has 0 amide bonds. The molecule has 1 aromatic rings. The van der Waals surface area contributed by atoms with Crippen LogP contribution < -0.4 is 4.74 Å².